The normalized spacial score (nSPS) is 11.2. The monoisotopic (exact) mass is 325 g/mol. The summed E-state index contributed by atoms with van der Waals surface area (Å²) in [4.78, 5) is 32.4. The van der Waals surface area contributed by atoms with Crippen LogP contribution in [0.25, 0.3) is 16.6 Å². The van der Waals surface area contributed by atoms with Crippen LogP contribution in [0.5, 0.6) is 0 Å². The molecule has 0 spiro atoms. The predicted molar refractivity (Wildman–Crippen MR) is 88.1 cm³/mol. The van der Waals surface area contributed by atoms with Gasteiger partial charge in [0, 0.05) is 11.1 Å². The minimum atomic E-state index is -0.361. The van der Waals surface area contributed by atoms with Crippen molar-refractivity contribution in [1.29, 1.82) is 0 Å². The lowest BCUT2D eigenvalue weighted by Gasteiger charge is -2.02. The van der Waals surface area contributed by atoms with Crippen molar-refractivity contribution in [3.8, 4) is 0 Å². The SMILES string of the molecule is Cc1cnc(NC(=O)c2cnn3c2[nH]c(=O)c2ccccc23)s1. The van der Waals surface area contributed by atoms with Gasteiger partial charge < -0.3 is 4.98 Å². The maximum atomic E-state index is 12.4. The number of hydrogen-bond donors (Lipinski definition) is 2. The molecule has 1 aromatic carbocycles. The van der Waals surface area contributed by atoms with Gasteiger partial charge in [-0.15, -0.1) is 11.3 Å². The number of amides is 1. The number of anilines is 1. The lowest BCUT2D eigenvalue weighted by molar-refractivity contribution is 0.102. The van der Waals surface area contributed by atoms with E-state index in [1.807, 2.05) is 13.0 Å². The molecule has 0 aliphatic heterocycles. The Morgan fingerprint density at radius 3 is 2.91 bits per heavy atom. The van der Waals surface area contributed by atoms with Crippen LogP contribution in [-0.4, -0.2) is 25.5 Å². The van der Waals surface area contributed by atoms with Crippen LogP contribution in [-0.2, 0) is 0 Å². The second kappa shape index (κ2) is 5.03. The molecular weight excluding hydrogens is 314 g/mol. The number of aryl methyl sites for hydroxylation is 1. The van der Waals surface area contributed by atoms with Crippen LogP contribution < -0.4 is 10.9 Å². The Bertz CT molecular complexity index is 1110. The predicted octanol–water partition coefficient (Wildman–Crippen LogP) is 2.19. The average Bonchev–Trinajstić information content (AvgIpc) is 3.14. The second-order valence-corrected chi connectivity index (χ2v) is 6.25. The second-order valence-electron chi connectivity index (χ2n) is 5.02. The van der Waals surface area contributed by atoms with Crippen LogP contribution in [0.2, 0.25) is 0 Å². The van der Waals surface area contributed by atoms with E-state index < -0.39 is 0 Å². The minimum absolute atomic E-state index is 0.257. The molecule has 7 nitrogen and oxygen atoms in total. The van der Waals surface area contributed by atoms with Gasteiger partial charge in [-0.3, -0.25) is 14.9 Å². The Labute approximate surface area is 133 Å². The lowest BCUT2D eigenvalue weighted by atomic mass is 10.2. The maximum Gasteiger partial charge on any atom is 0.262 e. The van der Waals surface area contributed by atoms with E-state index in [0.29, 0.717) is 27.2 Å². The first kappa shape index (κ1) is 13.6. The highest BCUT2D eigenvalue weighted by Gasteiger charge is 2.17. The number of carbonyl (C=O) groups excluding carboxylic acids is 1. The van der Waals surface area contributed by atoms with Gasteiger partial charge in [-0.05, 0) is 19.1 Å². The molecule has 4 aromatic rings. The zero-order valence-electron chi connectivity index (χ0n) is 12.0. The number of hydrogen-bond acceptors (Lipinski definition) is 5. The molecule has 0 atom stereocenters. The van der Waals surface area contributed by atoms with E-state index in [0.717, 1.165) is 4.88 Å². The number of aromatic amines is 1. The van der Waals surface area contributed by atoms with Crippen LogP contribution in [0.3, 0.4) is 0 Å². The van der Waals surface area contributed by atoms with Crippen molar-refractivity contribution in [2.24, 2.45) is 0 Å². The fourth-order valence-corrected chi connectivity index (χ4v) is 3.08. The van der Waals surface area contributed by atoms with Gasteiger partial charge in [-0.2, -0.15) is 5.10 Å². The summed E-state index contributed by atoms with van der Waals surface area (Å²) in [5, 5.41) is 7.97. The number of H-pyrrole nitrogens is 1. The highest BCUT2D eigenvalue weighted by Crippen LogP contribution is 2.19. The first-order valence-electron chi connectivity index (χ1n) is 6.86. The third-order valence-corrected chi connectivity index (χ3v) is 4.29. The van der Waals surface area contributed by atoms with Crippen molar-refractivity contribution < 1.29 is 4.79 Å². The number of benzene rings is 1. The summed E-state index contributed by atoms with van der Waals surface area (Å²) in [5.74, 6) is -0.361. The smallest absolute Gasteiger partial charge is 0.262 e. The van der Waals surface area contributed by atoms with E-state index in [1.165, 1.54) is 17.5 Å². The lowest BCUT2D eigenvalue weighted by Crippen LogP contribution is -2.15. The van der Waals surface area contributed by atoms with Gasteiger partial charge >= 0.3 is 0 Å². The molecule has 4 rings (SSSR count). The molecule has 2 N–H and O–H groups in total. The number of para-hydroxylation sites is 1. The van der Waals surface area contributed by atoms with Gasteiger partial charge in [-0.1, -0.05) is 12.1 Å². The molecule has 23 heavy (non-hydrogen) atoms. The van der Waals surface area contributed by atoms with Gasteiger partial charge in [0.05, 0.1) is 17.1 Å². The van der Waals surface area contributed by atoms with E-state index in [1.54, 1.807) is 28.9 Å². The number of thiazole rings is 1. The molecule has 8 heteroatoms. The van der Waals surface area contributed by atoms with Crippen molar-refractivity contribution in [1.82, 2.24) is 19.6 Å². The van der Waals surface area contributed by atoms with E-state index in [2.05, 4.69) is 20.4 Å². The van der Waals surface area contributed by atoms with Crippen LogP contribution in [0.15, 0.2) is 41.5 Å². The van der Waals surface area contributed by atoms with Crippen molar-refractivity contribution in [3.05, 3.63) is 57.5 Å². The van der Waals surface area contributed by atoms with E-state index >= 15 is 0 Å². The average molecular weight is 325 g/mol. The summed E-state index contributed by atoms with van der Waals surface area (Å²) in [7, 11) is 0. The topological polar surface area (TPSA) is 92.2 Å². The van der Waals surface area contributed by atoms with Crippen LogP contribution in [0.1, 0.15) is 15.2 Å². The number of fused-ring (bicyclic) bond motifs is 3. The molecule has 3 heterocycles. The zero-order chi connectivity index (χ0) is 16.0. The number of nitrogens with zero attached hydrogens (tertiary/aromatic N) is 3. The number of aromatic nitrogens is 4. The fraction of sp³-hybridized carbons (Fsp3) is 0.0667. The summed E-state index contributed by atoms with van der Waals surface area (Å²) in [6, 6.07) is 7.11. The number of carbonyl (C=O) groups is 1. The van der Waals surface area contributed by atoms with Gasteiger partial charge in [0.2, 0.25) is 0 Å². The third kappa shape index (κ3) is 2.20. The molecule has 114 valence electrons. The van der Waals surface area contributed by atoms with E-state index in [-0.39, 0.29) is 11.5 Å². The number of rotatable bonds is 2. The van der Waals surface area contributed by atoms with Gasteiger partial charge in [0.1, 0.15) is 11.2 Å². The quantitative estimate of drug-likeness (QED) is 0.591. The molecule has 3 aromatic heterocycles. The van der Waals surface area contributed by atoms with Crippen LogP contribution in [0.4, 0.5) is 5.13 Å². The molecule has 0 aliphatic rings. The molecule has 0 aliphatic carbocycles. The number of nitrogens with one attached hydrogen (secondary N) is 2. The molecule has 0 saturated heterocycles. The molecule has 0 saturated carbocycles. The first-order chi connectivity index (χ1) is 11.1. The van der Waals surface area contributed by atoms with Gasteiger partial charge in [0.15, 0.2) is 5.13 Å². The fourth-order valence-electron chi connectivity index (χ4n) is 2.42. The molecule has 1 amide bonds. The van der Waals surface area contributed by atoms with Crippen molar-refractivity contribution in [2.45, 2.75) is 6.92 Å². The molecule has 0 unspecified atom stereocenters. The van der Waals surface area contributed by atoms with Gasteiger partial charge in [-0.25, -0.2) is 9.50 Å². The zero-order valence-corrected chi connectivity index (χ0v) is 12.8. The largest absolute Gasteiger partial charge is 0.306 e. The molecule has 0 fully saturated rings. The Kier molecular flexibility index (Phi) is 2.98. The van der Waals surface area contributed by atoms with Crippen LogP contribution in [0, 0.1) is 6.92 Å². The Balaban J connectivity index is 1.85. The van der Waals surface area contributed by atoms with Gasteiger partial charge in [0.25, 0.3) is 11.5 Å². The minimum Gasteiger partial charge on any atom is -0.306 e. The Morgan fingerprint density at radius 2 is 2.13 bits per heavy atom. The first-order valence-corrected chi connectivity index (χ1v) is 7.67. The maximum absolute atomic E-state index is 12.4. The Hall–Kier alpha value is -3.00. The summed E-state index contributed by atoms with van der Waals surface area (Å²) in [6.07, 6.45) is 3.12. The molecule has 0 radical (unpaired) electrons. The van der Waals surface area contributed by atoms with Crippen LogP contribution >= 0.6 is 11.3 Å². The van der Waals surface area contributed by atoms with Crippen molar-refractivity contribution in [2.75, 3.05) is 5.32 Å². The van der Waals surface area contributed by atoms with Crippen molar-refractivity contribution >= 4 is 38.9 Å². The molecule has 0 bridgehead atoms. The molecular formula is C15H11N5O2S. The third-order valence-electron chi connectivity index (χ3n) is 3.46. The standard InChI is InChI=1S/C15H11N5O2S/c1-8-6-16-15(23-8)19-14(22)10-7-17-20-11-5-3-2-4-9(11)13(21)18-12(10)20/h2-7H,1H3,(H,18,21)(H,16,19,22). The summed E-state index contributed by atoms with van der Waals surface area (Å²) < 4.78 is 1.55. The highest BCUT2D eigenvalue weighted by molar-refractivity contribution is 7.15. The van der Waals surface area contributed by atoms with E-state index in [9.17, 15) is 9.59 Å². The summed E-state index contributed by atoms with van der Waals surface area (Å²) >= 11 is 1.38. The highest BCUT2D eigenvalue weighted by atomic mass is 32.1. The summed E-state index contributed by atoms with van der Waals surface area (Å²) in [5.41, 5.74) is 1.04. The Morgan fingerprint density at radius 1 is 1.30 bits per heavy atom. The van der Waals surface area contributed by atoms with Crippen molar-refractivity contribution in [3.63, 3.8) is 0 Å². The summed E-state index contributed by atoms with van der Waals surface area (Å²) in [6.45, 7) is 1.91. The van der Waals surface area contributed by atoms with E-state index in [4.69, 9.17) is 0 Å².